The summed E-state index contributed by atoms with van der Waals surface area (Å²) in [5.74, 6) is -0.0208. The largest absolute Gasteiger partial charge is 0.419 e. The molecular weight excluding hydrogens is 1390 g/mol. The van der Waals surface area contributed by atoms with Crippen LogP contribution in [0.2, 0.25) is 5.15 Å². The van der Waals surface area contributed by atoms with E-state index >= 15 is 0 Å². The Labute approximate surface area is 597 Å². The average molecular weight is 1460 g/mol. The van der Waals surface area contributed by atoms with Crippen molar-refractivity contribution in [1.82, 2.24) is 29.7 Å². The maximum absolute atomic E-state index is 13.7. The minimum atomic E-state index is -4.65. The molecule has 3 aromatic heterocycles. The molecule has 29 heteroatoms. The SMILES string of the molecule is CN(C)C(=O)c1ccccc1Nc1cc(Cl)ncc1C(F)(F)F.CN(C)C(=O)c1ccccc1Nc1cc(Nc2ccc3c(c2)CCC(=O)C3)ncc1C(F)(F)F.CN(C)C(=O)c1ccccc1Nc1cc(Nc2ccc3c(c2)CCC(=O)C3)ncc1C(F)(F)F.CN1C(=O)CCc2cc(N)ccc21. The highest BCUT2D eigenvalue weighted by molar-refractivity contribution is 6.29. The van der Waals surface area contributed by atoms with E-state index in [0.29, 0.717) is 62.5 Å². The van der Waals surface area contributed by atoms with Crippen LogP contribution in [0.15, 0.2) is 164 Å². The molecule has 2 aliphatic carbocycles. The maximum atomic E-state index is 13.7. The number of nitrogens with zero attached hydrogens (tertiary/aromatic N) is 7. The van der Waals surface area contributed by atoms with Gasteiger partial charge in [0.25, 0.3) is 17.7 Å². The number of nitrogens with one attached hydrogen (secondary N) is 5. The Morgan fingerprint density at radius 2 is 0.788 bits per heavy atom. The van der Waals surface area contributed by atoms with Crippen LogP contribution in [0, 0.1) is 0 Å². The first-order chi connectivity index (χ1) is 49.1. The number of aryl methyl sites for hydroxylation is 3. The molecule has 4 amide bonds. The van der Waals surface area contributed by atoms with Crippen LogP contribution in [0.1, 0.15) is 94.8 Å². The van der Waals surface area contributed by atoms with Gasteiger partial charge in [0.15, 0.2) is 0 Å². The maximum Gasteiger partial charge on any atom is 0.419 e. The van der Waals surface area contributed by atoms with E-state index in [9.17, 15) is 68.3 Å². The van der Waals surface area contributed by atoms with Gasteiger partial charge in [-0.05, 0) is 132 Å². The molecule has 0 saturated carbocycles. The molecule has 1 aliphatic heterocycles. The van der Waals surface area contributed by atoms with Crippen molar-refractivity contribution in [3.05, 3.63) is 231 Å². The van der Waals surface area contributed by atoms with Crippen molar-refractivity contribution < 1.29 is 68.3 Å². The number of hydrogen-bond acceptors (Lipinski definition) is 15. The van der Waals surface area contributed by atoms with Gasteiger partial charge in [0.2, 0.25) is 5.91 Å². The van der Waals surface area contributed by atoms with Crippen LogP contribution < -0.4 is 37.2 Å². The number of carbonyl (C=O) groups excluding carboxylic acids is 6. The van der Waals surface area contributed by atoms with E-state index in [1.54, 1.807) is 127 Å². The fourth-order valence-electron chi connectivity index (χ4n) is 11.3. The zero-order valence-electron chi connectivity index (χ0n) is 57.2. The number of Topliss-reactive ketones (excluding diaryl/α,β-unsaturated/α-hetero) is 2. The summed E-state index contributed by atoms with van der Waals surface area (Å²) in [6.45, 7) is 0. The van der Waals surface area contributed by atoms with Crippen LogP contribution in [0.5, 0.6) is 0 Å². The molecule has 19 nitrogen and oxygen atoms in total. The number of nitrogen functional groups attached to an aromatic ring is 1. The van der Waals surface area contributed by atoms with Crippen LogP contribution >= 0.6 is 11.6 Å². The van der Waals surface area contributed by atoms with Gasteiger partial charge in [-0.3, -0.25) is 28.8 Å². The van der Waals surface area contributed by atoms with E-state index in [4.69, 9.17) is 17.3 Å². The third-order valence-electron chi connectivity index (χ3n) is 16.6. The molecule has 0 spiro atoms. The van der Waals surface area contributed by atoms with E-state index in [2.05, 4.69) is 41.5 Å². The normalized spacial score (nSPS) is 13.1. The van der Waals surface area contributed by atoms with Gasteiger partial charge in [0.05, 0.1) is 67.5 Å². The van der Waals surface area contributed by atoms with Crippen molar-refractivity contribution in [3.63, 3.8) is 0 Å². The van der Waals surface area contributed by atoms with Crippen molar-refractivity contribution in [2.45, 2.75) is 69.9 Å². The number of benzene rings is 6. The third-order valence-corrected chi connectivity index (χ3v) is 16.8. The molecule has 6 aromatic carbocycles. The number of aromatic nitrogens is 3. The van der Waals surface area contributed by atoms with Crippen molar-refractivity contribution >= 4 is 115 Å². The topological polar surface area (TPSA) is 240 Å². The molecule has 0 atom stereocenters. The second kappa shape index (κ2) is 32.6. The van der Waals surface area contributed by atoms with Crippen molar-refractivity contribution in [2.75, 3.05) is 86.6 Å². The standard InChI is InChI=1S/2C25H23F3N4O2.C15H13ClF3N3O.C10H12N2O/c2*1-32(2)24(34)19-5-3-4-6-21(19)31-22-13-23(29-14-20(22)25(26,27)28)30-17-9-7-16-12-18(33)10-8-15(16)11-17;1-22(2)14(23)9-5-3-4-6-11(9)21-12-7-13(16)20-8-10(12)15(17,18)19;1-12-9-4-3-8(11)6-7(9)2-5-10(12)13/h2*3-7,9,11,13-14H,8,10,12H2,1-2H3,(H2,29,30,31);3-8H,1-2H3,(H,20,21);3-4,6H,2,5,11H2,1H3. The van der Waals surface area contributed by atoms with Crippen molar-refractivity contribution in [3.8, 4) is 0 Å². The number of alkyl halides is 9. The predicted molar refractivity (Wildman–Crippen MR) is 382 cm³/mol. The first kappa shape index (κ1) is 76.6. The Hall–Kier alpha value is -11.6. The summed E-state index contributed by atoms with van der Waals surface area (Å²) in [5, 5.41) is 14.2. The van der Waals surface area contributed by atoms with Crippen molar-refractivity contribution in [2.24, 2.45) is 0 Å². The number of rotatable bonds is 13. The fraction of sp³-hybridized carbons (Fsp3) is 0.240. The van der Waals surface area contributed by atoms with Gasteiger partial charge in [-0.1, -0.05) is 60.1 Å². The van der Waals surface area contributed by atoms with Crippen LogP contribution in [0.3, 0.4) is 0 Å². The van der Waals surface area contributed by atoms with Gasteiger partial charge in [0.1, 0.15) is 28.4 Å². The van der Waals surface area contributed by atoms with Gasteiger partial charge in [0, 0.05) is 135 Å². The van der Waals surface area contributed by atoms with Gasteiger partial charge in [-0.25, -0.2) is 15.0 Å². The molecule has 9 aromatic rings. The summed E-state index contributed by atoms with van der Waals surface area (Å²) >= 11 is 5.69. The molecule has 0 unspecified atom stereocenters. The second-order valence-electron chi connectivity index (χ2n) is 24.9. The number of amides is 4. The first-order valence-corrected chi connectivity index (χ1v) is 32.6. The third kappa shape index (κ3) is 19.5. The number of carbonyl (C=O) groups is 6. The molecule has 3 aliphatic rings. The fourth-order valence-corrected chi connectivity index (χ4v) is 11.5. The zero-order chi connectivity index (χ0) is 75.5. The summed E-state index contributed by atoms with van der Waals surface area (Å²) in [7, 11) is 11.2. The van der Waals surface area contributed by atoms with Crippen LogP contribution in [0.25, 0.3) is 0 Å². The highest BCUT2D eigenvalue weighted by Crippen LogP contribution is 2.42. The summed E-state index contributed by atoms with van der Waals surface area (Å²) in [5.41, 5.74) is 11.8. The van der Waals surface area contributed by atoms with Crippen molar-refractivity contribution in [1.29, 1.82) is 0 Å². The first-order valence-electron chi connectivity index (χ1n) is 32.2. The Morgan fingerprint density at radius 3 is 1.17 bits per heavy atom. The lowest BCUT2D eigenvalue weighted by molar-refractivity contribution is -0.138. The molecule has 4 heterocycles. The Bertz CT molecular complexity index is 4530. The molecule has 0 saturated heterocycles. The van der Waals surface area contributed by atoms with Crippen LogP contribution in [0.4, 0.5) is 108 Å². The Morgan fingerprint density at radius 1 is 0.423 bits per heavy atom. The van der Waals surface area contributed by atoms with E-state index in [-0.39, 0.29) is 103 Å². The van der Waals surface area contributed by atoms with Crippen LogP contribution in [-0.4, -0.2) is 114 Å². The second-order valence-corrected chi connectivity index (χ2v) is 25.3. The van der Waals surface area contributed by atoms with E-state index in [0.717, 1.165) is 58.5 Å². The molecule has 0 bridgehead atoms. The van der Waals surface area contributed by atoms with E-state index < -0.39 is 35.2 Å². The lowest BCUT2D eigenvalue weighted by atomic mass is 9.90. The van der Waals surface area contributed by atoms with Gasteiger partial charge in [-0.2, -0.15) is 39.5 Å². The van der Waals surface area contributed by atoms with Gasteiger partial charge < -0.3 is 51.9 Å². The molecular formula is C75H71ClF9N13O6. The Balaban J connectivity index is 0.000000169. The highest BCUT2D eigenvalue weighted by Gasteiger charge is 2.37. The van der Waals surface area contributed by atoms with Gasteiger partial charge >= 0.3 is 18.5 Å². The molecule has 104 heavy (non-hydrogen) atoms. The summed E-state index contributed by atoms with van der Waals surface area (Å²) in [6.07, 6.45) is -7.29. The minimum absolute atomic E-state index is 0.0862. The number of ketones is 2. The van der Waals surface area contributed by atoms with Crippen LogP contribution in [-0.2, 0) is 65.0 Å². The molecule has 0 fully saturated rings. The van der Waals surface area contributed by atoms with E-state index in [1.807, 2.05) is 42.5 Å². The minimum Gasteiger partial charge on any atom is -0.399 e. The molecule has 7 N–H and O–H groups in total. The number of para-hydroxylation sites is 3. The lowest BCUT2D eigenvalue weighted by Gasteiger charge is -2.25. The molecule has 542 valence electrons. The number of nitrogens with two attached hydrogens (primary N) is 1. The zero-order valence-corrected chi connectivity index (χ0v) is 57.9. The smallest absolute Gasteiger partial charge is 0.399 e. The summed E-state index contributed by atoms with van der Waals surface area (Å²) in [6, 6.07) is 39.4. The number of hydrogen-bond donors (Lipinski definition) is 6. The summed E-state index contributed by atoms with van der Waals surface area (Å²) in [4.78, 5) is 88.9. The number of halogens is 10. The van der Waals surface area contributed by atoms with E-state index in [1.165, 1.54) is 44.5 Å². The average Bonchev–Trinajstić information content (AvgIpc) is 1.13. The highest BCUT2D eigenvalue weighted by atomic mass is 35.5. The summed E-state index contributed by atoms with van der Waals surface area (Å²) < 4.78 is 122. The monoisotopic (exact) mass is 1460 g/mol. The van der Waals surface area contributed by atoms with Gasteiger partial charge in [-0.15, -0.1) is 0 Å². The molecule has 12 rings (SSSR count). The predicted octanol–water partition coefficient (Wildman–Crippen LogP) is 16.1. The number of fused-ring (bicyclic) bond motifs is 3. The Kier molecular flexibility index (Phi) is 24.0. The number of pyridine rings is 3. The lowest BCUT2D eigenvalue weighted by Crippen LogP contribution is -2.31. The number of anilines is 12. The quantitative estimate of drug-likeness (QED) is 0.0357. The molecule has 0 radical (unpaired) electrons.